The minimum Gasteiger partial charge on any atom is -0.344 e. The molecule has 1 heterocycles. The van der Waals surface area contributed by atoms with Crippen LogP contribution in [0.3, 0.4) is 0 Å². The van der Waals surface area contributed by atoms with Crippen LogP contribution in [0.4, 0.5) is 0 Å². The van der Waals surface area contributed by atoms with Gasteiger partial charge in [0.15, 0.2) is 0 Å². The van der Waals surface area contributed by atoms with Crippen LogP contribution in [0.5, 0.6) is 0 Å². The Labute approximate surface area is 190 Å². The van der Waals surface area contributed by atoms with Crippen LogP contribution in [-0.4, -0.2) is 4.57 Å². The summed E-state index contributed by atoms with van der Waals surface area (Å²) in [5.74, 6) is 0. The van der Waals surface area contributed by atoms with Gasteiger partial charge in [0.2, 0.25) is 0 Å². The summed E-state index contributed by atoms with van der Waals surface area (Å²) >= 11 is 0. The Hall–Kier alpha value is -3.84. The van der Waals surface area contributed by atoms with Crippen molar-refractivity contribution in [1.82, 2.24) is 4.57 Å². The summed E-state index contributed by atoms with van der Waals surface area (Å²) in [7, 11) is 2.16. The van der Waals surface area contributed by atoms with E-state index in [-0.39, 0.29) is 0 Å². The van der Waals surface area contributed by atoms with E-state index in [0.29, 0.717) is 0 Å². The maximum atomic E-state index is 2.30. The number of rotatable bonds is 4. The highest BCUT2D eigenvalue weighted by Crippen LogP contribution is 2.30. The molecule has 0 aliphatic rings. The average molecular weight is 414 g/mol. The molecular formula is C31H27N. The topological polar surface area (TPSA) is 4.93 Å². The normalized spacial score (nSPS) is 12.0. The molecule has 0 saturated heterocycles. The zero-order valence-corrected chi connectivity index (χ0v) is 18.8. The van der Waals surface area contributed by atoms with Gasteiger partial charge in [-0.3, -0.25) is 0 Å². The van der Waals surface area contributed by atoms with E-state index < -0.39 is 0 Å². The van der Waals surface area contributed by atoms with E-state index in [2.05, 4.69) is 135 Å². The Kier molecular flexibility index (Phi) is 5.25. The maximum absolute atomic E-state index is 2.30. The second-order valence-electron chi connectivity index (χ2n) is 8.60. The van der Waals surface area contributed by atoms with Crippen molar-refractivity contribution in [3.8, 4) is 0 Å². The van der Waals surface area contributed by atoms with E-state index in [1.807, 2.05) is 0 Å². The van der Waals surface area contributed by atoms with E-state index >= 15 is 0 Å². The largest absolute Gasteiger partial charge is 0.344 e. The summed E-state index contributed by atoms with van der Waals surface area (Å²) in [5.41, 5.74) is 9.94. The Balaban J connectivity index is 1.48. The number of nitrogens with zero attached hydrogens (tertiary/aromatic N) is 1. The smallest absolute Gasteiger partial charge is 0.0494 e. The number of hydrogen-bond acceptors (Lipinski definition) is 0. The van der Waals surface area contributed by atoms with Gasteiger partial charge in [-0.25, -0.2) is 0 Å². The van der Waals surface area contributed by atoms with Crippen LogP contribution in [0, 0.1) is 13.8 Å². The van der Waals surface area contributed by atoms with Crippen molar-refractivity contribution in [2.24, 2.45) is 7.05 Å². The fourth-order valence-electron chi connectivity index (χ4n) is 4.18. The average Bonchev–Trinajstić information content (AvgIpc) is 3.09. The Morgan fingerprint density at radius 3 is 1.22 bits per heavy atom. The van der Waals surface area contributed by atoms with Crippen LogP contribution in [-0.2, 0) is 7.05 Å². The molecule has 0 aliphatic heterocycles. The minimum atomic E-state index is 1.21. The minimum absolute atomic E-state index is 1.21. The predicted molar refractivity (Wildman–Crippen MR) is 141 cm³/mol. The Bertz CT molecular complexity index is 1350. The van der Waals surface area contributed by atoms with Crippen molar-refractivity contribution >= 4 is 46.1 Å². The monoisotopic (exact) mass is 413 g/mol. The third-order valence-corrected chi connectivity index (χ3v) is 6.15. The van der Waals surface area contributed by atoms with Crippen LogP contribution < -0.4 is 0 Å². The van der Waals surface area contributed by atoms with E-state index in [4.69, 9.17) is 0 Å². The fourth-order valence-corrected chi connectivity index (χ4v) is 4.18. The van der Waals surface area contributed by atoms with Crippen molar-refractivity contribution in [3.63, 3.8) is 0 Å². The molecule has 0 fully saturated rings. The Morgan fingerprint density at radius 2 is 0.812 bits per heavy atom. The van der Waals surface area contributed by atoms with Gasteiger partial charge in [0.05, 0.1) is 0 Å². The molecule has 0 bridgehead atoms. The van der Waals surface area contributed by atoms with Crippen molar-refractivity contribution in [3.05, 3.63) is 118 Å². The molecule has 0 spiro atoms. The predicted octanol–water partition coefficient (Wildman–Crippen LogP) is 8.29. The van der Waals surface area contributed by atoms with E-state index in [1.165, 1.54) is 55.2 Å². The molecule has 1 aromatic heterocycles. The van der Waals surface area contributed by atoms with Crippen LogP contribution in [0.1, 0.15) is 33.4 Å². The summed E-state index contributed by atoms with van der Waals surface area (Å²) in [6.45, 7) is 4.23. The van der Waals surface area contributed by atoms with Gasteiger partial charge in [0.1, 0.15) is 0 Å². The van der Waals surface area contributed by atoms with Crippen LogP contribution in [0.2, 0.25) is 0 Å². The van der Waals surface area contributed by atoms with Gasteiger partial charge < -0.3 is 4.57 Å². The molecule has 32 heavy (non-hydrogen) atoms. The molecule has 4 aromatic carbocycles. The van der Waals surface area contributed by atoms with Gasteiger partial charge in [-0.2, -0.15) is 0 Å². The molecule has 5 aromatic rings. The number of benzene rings is 4. The van der Waals surface area contributed by atoms with Crippen LogP contribution in [0.25, 0.3) is 46.1 Å². The summed E-state index contributed by atoms with van der Waals surface area (Å²) < 4.78 is 2.30. The summed E-state index contributed by atoms with van der Waals surface area (Å²) in [6.07, 6.45) is 8.74. The number of aromatic nitrogens is 1. The van der Waals surface area contributed by atoms with Crippen LogP contribution in [0.15, 0.2) is 84.9 Å². The first kappa shape index (κ1) is 20.1. The molecule has 5 rings (SSSR count). The lowest BCUT2D eigenvalue weighted by atomic mass is 10.1. The molecule has 0 amide bonds. The lowest BCUT2D eigenvalue weighted by Crippen LogP contribution is -1.87. The van der Waals surface area contributed by atoms with Crippen molar-refractivity contribution < 1.29 is 0 Å². The molecular weight excluding hydrogens is 386 g/mol. The van der Waals surface area contributed by atoms with Crippen molar-refractivity contribution in [2.75, 3.05) is 0 Å². The summed E-state index contributed by atoms with van der Waals surface area (Å²) in [5, 5.41) is 2.59. The van der Waals surface area contributed by atoms with E-state index in [1.54, 1.807) is 0 Å². The fraction of sp³-hybridized carbons (Fsp3) is 0.0968. The van der Waals surface area contributed by atoms with Gasteiger partial charge in [-0.05, 0) is 48.2 Å². The Morgan fingerprint density at radius 1 is 0.469 bits per heavy atom. The number of fused-ring (bicyclic) bond motifs is 3. The van der Waals surface area contributed by atoms with Gasteiger partial charge in [-0.1, -0.05) is 108 Å². The highest BCUT2D eigenvalue weighted by atomic mass is 14.9. The highest BCUT2D eigenvalue weighted by molar-refractivity contribution is 6.09. The van der Waals surface area contributed by atoms with Crippen LogP contribution >= 0.6 is 0 Å². The molecule has 0 N–H and O–H groups in total. The molecule has 0 saturated carbocycles. The molecule has 0 aliphatic carbocycles. The second-order valence-corrected chi connectivity index (χ2v) is 8.60. The maximum Gasteiger partial charge on any atom is 0.0494 e. The number of hydrogen-bond donors (Lipinski definition) is 0. The molecule has 0 radical (unpaired) electrons. The first-order chi connectivity index (χ1) is 15.6. The lowest BCUT2D eigenvalue weighted by Gasteiger charge is -2.01. The first-order valence-electron chi connectivity index (χ1n) is 11.1. The molecule has 156 valence electrons. The van der Waals surface area contributed by atoms with Gasteiger partial charge >= 0.3 is 0 Å². The van der Waals surface area contributed by atoms with Gasteiger partial charge in [0.25, 0.3) is 0 Å². The zero-order valence-electron chi connectivity index (χ0n) is 18.8. The SMILES string of the molecule is Cc1ccc(/C=C/c2ccc3c4ccc(/C=C/c5ccc(C)cc5)cc4n(C)c3c2)cc1. The molecule has 1 heteroatoms. The quantitative estimate of drug-likeness (QED) is 0.261. The van der Waals surface area contributed by atoms with Gasteiger partial charge in [-0.15, -0.1) is 0 Å². The molecule has 1 nitrogen and oxygen atoms in total. The first-order valence-corrected chi connectivity index (χ1v) is 11.1. The van der Waals surface area contributed by atoms with Gasteiger partial charge in [0, 0.05) is 28.9 Å². The summed E-state index contributed by atoms with van der Waals surface area (Å²) in [6, 6.07) is 30.7. The third kappa shape index (κ3) is 4.02. The molecule has 0 atom stereocenters. The molecule has 0 unspecified atom stereocenters. The summed E-state index contributed by atoms with van der Waals surface area (Å²) in [4.78, 5) is 0. The standard InChI is InChI=1S/C31H27N/c1-22-4-8-24(9-5-22)12-14-26-16-18-28-29-19-17-27(21-31(29)32(3)30(28)20-26)15-13-25-10-6-23(2)7-11-25/h4-21H,1-3H3/b14-12+,15-13+. The lowest BCUT2D eigenvalue weighted by molar-refractivity contribution is 1.01. The zero-order chi connectivity index (χ0) is 22.1. The van der Waals surface area contributed by atoms with E-state index in [0.717, 1.165) is 0 Å². The third-order valence-electron chi connectivity index (χ3n) is 6.15. The second kappa shape index (κ2) is 8.36. The van der Waals surface area contributed by atoms with E-state index in [9.17, 15) is 0 Å². The van der Waals surface area contributed by atoms with Crippen molar-refractivity contribution in [2.45, 2.75) is 13.8 Å². The number of aryl methyl sites for hydroxylation is 3. The highest BCUT2D eigenvalue weighted by Gasteiger charge is 2.08. The van der Waals surface area contributed by atoms with Crippen molar-refractivity contribution in [1.29, 1.82) is 0 Å².